The van der Waals surface area contributed by atoms with Gasteiger partial charge in [0.1, 0.15) is 0 Å². The molecule has 0 saturated carbocycles. The van der Waals surface area contributed by atoms with Gasteiger partial charge in [0.25, 0.3) is 0 Å². The second-order valence-electron chi connectivity index (χ2n) is 5.41. The van der Waals surface area contributed by atoms with Crippen molar-refractivity contribution < 1.29 is 4.79 Å². The van der Waals surface area contributed by atoms with Gasteiger partial charge in [-0.2, -0.15) is 0 Å². The van der Waals surface area contributed by atoms with E-state index in [4.69, 9.17) is 0 Å². The van der Waals surface area contributed by atoms with Crippen LogP contribution in [0.15, 0.2) is 52.1 Å². The maximum atomic E-state index is 12.3. The molecule has 0 saturated heterocycles. The summed E-state index contributed by atoms with van der Waals surface area (Å²) in [6, 6.07) is 13.7. The monoisotopic (exact) mass is 401 g/mol. The fraction of sp³-hybridized carbons (Fsp3) is 0.167. The maximum absolute atomic E-state index is 12.3. The van der Waals surface area contributed by atoms with Crippen LogP contribution in [0.3, 0.4) is 0 Å². The van der Waals surface area contributed by atoms with E-state index in [-0.39, 0.29) is 11.7 Å². The van der Waals surface area contributed by atoms with E-state index < -0.39 is 0 Å². The molecule has 0 unspecified atom stereocenters. The molecule has 0 spiro atoms. The van der Waals surface area contributed by atoms with Crippen molar-refractivity contribution in [2.24, 2.45) is 0 Å². The van der Waals surface area contributed by atoms with E-state index in [2.05, 4.69) is 31.2 Å². The smallest absolute Gasteiger partial charge is 0.234 e. The van der Waals surface area contributed by atoms with Crippen LogP contribution in [0.4, 0.5) is 5.69 Å². The zero-order valence-corrected chi connectivity index (χ0v) is 15.7. The number of hydrogen-bond acceptors (Lipinski definition) is 4. The largest absolute Gasteiger partial charge is 0.325 e. The molecule has 3 rings (SSSR count). The number of hydrogen-bond donors (Lipinski definition) is 1. The fourth-order valence-electron chi connectivity index (χ4n) is 2.45. The summed E-state index contributed by atoms with van der Waals surface area (Å²) >= 11 is 4.88. The summed E-state index contributed by atoms with van der Waals surface area (Å²) in [6.07, 6.45) is 0. The summed E-state index contributed by atoms with van der Waals surface area (Å²) in [4.78, 5) is 21.0. The van der Waals surface area contributed by atoms with Crippen LogP contribution in [0.1, 0.15) is 11.4 Å². The van der Waals surface area contributed by atoms with Crippen molar-refractivity contribution in [1.29, 1.82) is 0 Å². The van der Waals surface area contributed by atoms with E-state index in [1.54, 1.807) is 0 Å². The topological polar surface area (TPSA) is 54.9 Å². The van der Waals surface area contributed by atoms with E-state index in [1.165, 1.54) is 11.8 Å². The van der Waals surface area contributed by atoms with E-state index in [0.29, 0.717) is 5.16 Å². The number of nitrogens with one attached hydrogen (secondary N) is 1. The maximum Gasteiger partial charge on any atom is 0.234 e. The van der Waals surface area contributed by atoms with Gasteiger partial charge in [0.2, 0.25) is 5.91 Å². The van der Waals surface area contributed by atoms with E-state index in [1.807, 2.05) is 56.3 Å². The minimum Gasteiger partial charge on any atom is -0.325 e. The van der Waals surface area contributed by atoms with Crippen LogP contribution in [0, 0.1) is 13.8 Å². The molecule has 3 aromatic rings. The van der Waals surface area contributed by atoms with Crippen LogP contribution in [0.25, 0.3) is 10.8 Å². The number of amides is 1. The molecule has 1 aromatic heterocycles. The molecular formula is C18H16BrN3OS. The molecule has 0 fully saturated rings. The highest BCUT2D eigenvalue weighted by Gasteiger charge is 2.09. The highest BCUT2D eigenvalue weighted by molar-refractivity contribution is 9.10. The molecule has 0 aliphatic heterocycles. The first-order valence-corrected chi connectivity index (χ1v) is 9.23. The van der Waals surface area contributed by atoms with Crippen molar-refractivity contribution >= 4 is 50.1 Å². The molecule has 0 aliphatic rings. The number of thioether (sulfide) groups is 1. The number of nitrogens with zero attached hydrogens (tertiary/aromatic N) is 2. The minimum atomic E-state index is -0.0739. The Balaban J connectivity index is 1.72. The first kappa shape index (κ1) is 16.9. The summed E-state index contributed by atoms with van der Waals surface area (Å²) in [5.74, 6) is 0.197. The number of rotatable bonds is 4. The molecule has 0 bridgehead atoms. The van der Waals surface area contributed by atoms with Crippen LogP contribution < -0.4 is 5.32 Å². The molecule has 2 aromatic carbocycles. The number of fused-ring (bicyclic) bond motifs is 1. The third-order valence-corrected chi connectivity index (χ3v) is 4.98. The van der Waals surface area contributed by atoms with E-state index in [0.717, 1.165) is 32.3 Å². The van der Waals surface area contributed by atoms with Gasteiger partial charge in [0, 0.05) is 26.9 Å². The van der Waals surface area contributed by atoms with Gasteiger partial charge < -0.3 is 5.32 Å². The summed E-state index contributed by atoms with van der Waals surface area (Å²) in [5, 5.41) is 5.68. The summed E-state index contributed by atoms with van der Waals surface area (Å²) in [5.41, 5.74) is 2.62. The Kier molecular flexibility index (Phi) is 5.16. The number of aromatic nitrogens is 2. The molecule has 1 heterocycles. The number of anilines is 1. The SMILES string of the molecule is Cc1cc(C)nc(SCC(=O)Nc2ccc(Br)c3ccccc23)n1. The lowest BCUT2D eigenvalue weighted by molar-refractivity contribution is -0.113. The molecule has 0 atom stereocenters. The summed E-state index contributed by atoms with van der Waals surface area (Å²) < 4.78 is 1.01. The molecule has 0 aliphatic carbocycles. The number of carbonyl (C=O) groups is 1. The molecule has 1 amide bonds. The Morgan fingerprint density at radius 2 is 1.75 bits per heavy atom. The number of halogens is 1. The van der Waals surface area contributed by atoms with Crippen LogP contribution >= 0.6 is 27.7 Å². The van der Waals surface area contributed by atoms with Crippen molar-refractivity contribution in [2.45, 2.75) is 19.0 Å². The minimum absolute atomic E-state index is 0.0739. The van der Waals surface area contributed by atoms with Crippen LogP contribution in [-0.4, -0.2) is 21.6 Å². The third-order valence-electron chi connectivity index (χ3n) is 3.44. The first-order valence-electron chi connectivity index (χ1n) is 7.45. The van der Waals surface area contributed by atoms with Crippen molar-refractivity contribution in [2.75, 3.05) is 11.1 Å². The third kappa shape index (κ3) is 3.94. The number of benzene rings is 2. The van der Waals surface area contributed by atoms with Gasteiger partial charge in [-0.3, -0.25) is 4.79 Å². The van der Waals surface area contributed by atoms with Crippen molar-refractivity contribution in [3.05, 3.63) is 58.3 Å². The Labute approximate surface area is 153 Å². The molecule has 0 radical (unpaired) electrons. The standard InChI is InChI=1S/C18H16BrN3OS/c1-11-9-12(2)21-18(20-11)24-10-17(23)22-16-8-7-15(19)13-5-3-4-6-14(13)16/h3-9H,10H2,1-2H3,(H,22,23). The van der Waals surface area contributed by atoms with Crippen LogP contribution in [-0.2, 0) is 4.79 Å². The Bertz CT molecular complexity index is 894. The average Bonchev–Trinajstić information content (AvgIpc) is 2.55. The van der Waals surface area contributed by atoms with Crippen molar-refractivity contribution in [3.63, 3.8) is 0 Å². The predicted molar refractivity (Wildman–Crippen MR) is 103 cm³/mol. The molecule has 122 valence electrons. The molecule has 1 N–H and O–H groups in total. The summed E-state index contributed by atoms with van der Waals surface area (Å²) in [7, 11) is 0. The number of carbonyl (C=O) groups excluding carboxylic acids is 1. The van der Waals surface area contributed by atoms with Gasteiger partial charge in [-0.05, 0) is 37.4 Å². The highest BCUT2D eigenvalue weighted by atomic mass is 79.9. The van der Waals surface area contributed by atoms with Gasteiger partial charge in [-0.15, -0.1) is 0 Å². The molecule has 4 nitrogen and oxygen atoms in total. The lowest BCUT2D eigenvalue weighted by atomic mass is 10.1. The van der Waals surface area contributed by atoms with Gasteiger partial charge >= 0.3 is 0 Å². The summed E-state index contributed by atoms with van der Waals surface area (Å²) in [6.45, 7) is 3.85. The average molecular weight is 402 g/mol. The Hall–Kier alpha value is -1.92. The van der Waals surface area contributed by atoms with Gasteiger partial charge in [-0.1, -0.05) is 52.0 Å². The number of aryl methyl sites for hydroxylation is 2. The zero-order chi connectivity index (χ0) is 17.1. The molecule has 24 heavy (non-hydrogen) atoms. The second kappa shape index (κ2) is 7.32. The van der Waals surface area contributed by atoms with Crippen LogP contribution in [0.2, 0.25) is 0 Å². The Morgan fingerprint density at radius 3 is 2.46 bits per heavy atom. The predicted octanol–water partition coefficient (Wildman–Crippen LogP) is 4.74. The zero-order valence-electron chi connectivity index (χ0n) is 13.3. The lowest BCUT2D eigenvalue weighted by Crippen LogP contribution is -2.14. The van der Waals surface area contributed by atoms with Crippen molar-refractivity contribution in [3.8, 4) is 0 Å². The molecule has 6 heteroatoms. The van der Waals surface area contributed by atoms with Gasteiger partial charge in [-0.25, -0.2) is 9.97 Å². The van der Waals surface area contributed by atoms with Gasteiger partial charge in [0.15, 0.2) is 5.16 Å². The quantitative estimate of drug-likeness (QED) is 0.506. The normalized spacial score (nSPS) is 10.8. The van der Waals surface area contributed by atoms with E-state index >= 15 is 0 Å². The highest BCUT2D eigenvalue weighted by Crippen LogP contribution is 2.30. The van der Waals surface area contributed by atoms with E-state index in [9.17, 15) is 4.79 Å². The second-order valence-corrected chi connectivity index (χ2v) is 7.21. The van der Waals surface area contributed by atoms with Crippen LogP contribution in [0.5, 0.6) is 0 Å². The van der Waals surface area contributed by atoms with Gasteiger partial charge in [0.05, 0.1) is 5.75 Å². The fourth-order valence-corrected chi connectivity index (χ4v) is 3.67. The molecular weight excluding hydrogens is 386 g/mol. The first-order chi connectivity index (χ1) is 11.5. The Morgan fingerprint density at radius 1 is 1.08 bits per heavy atom. The van der Waals surface area contributed by atoms with Crippen molar-refractivity contribution in [1.82, 2.24) is 9.97 Å². The lowest BCUT2D eigenvalue weighted by Gasteiger charge is -2.10.